The third-order valence-corrected chi connectivity index (χ3v) is 11.1. The largest absolute Gasteiger partial charge is 0.508 e. The summed E-state index contributed by atoms with van der Waals surface area (Å²) in [6, 6.07) is 9.95. The van der Waals surface area contributed by atoms with Crippen molar-refractivity contribution in [1.29, 1.82) is 0 Å². The molecule has 3 aromatic rings. The number of carbonyl (C=O) groups is 3. The minimum Gasteiger partial charge on any atom is -0.508 e. The molecule has 49 heavy (non-hydrogen) atoms. The number of phenolic OH excluding ortho intramolecular Hbond substituents is 1. The van der Waals surface area contributed by atoms with Crippen molar-refractivity contribution in [3.05, 3.63) is 70.6 Å². The number of aromatic nitrogens is 1. The fourth-order valence-corrected chi connectivity index (χ4v) is 8.56. The number of primary amides is 1. The number of rotatable bonds is 8. The molecule has 1 aromatic heterocycles. The van der Waals surface area contributed by atoms with Crippen LogP contribution in [0, 0.1) is 11.8 Å². The average Bonchev–Trinajstić information content (AvgIpc) is 3.53. The number of thiazole rings is 1. The number of fused-ring (bicyclic) bond motifs is 3. The monoisotopic (exact) mass is 689 g/mol. The smallest absolute Gasteiger partial charge is 0.255 e. The number of phenols is 1. The second kappa shape index (κ2) is 12.3. The SMILES string of the molecule is CCN(CC)c1ccc(-c2cnc(Nc3ccc4c(c3O)C(O)=C3C(=O)[C@]5(O)C(O)=C(C(N)=O)C(=O)[C@@H](N(C)C)C5[C@@H](O)C3[C@H]4C)s2)cc1. The van der Waals surface area contributed by atoms with E-state index in [1.54, 1.807) is 25.3 Å². The van der Waals surface area contributed by atoms with E-state index >= 15 is 0 Å². The first-order valence-electron chi connectivity index (χ1n) is 16.0. The van der Waals surface area contributed by atoms with Gasteiger partial charge in [0.1, 0.15) is 22.8 Å². The Bertz CT molecular complexity index is 1930. The number of aromatic hydroxyl groups is 1. The van der Waals surface area contributed by atoms with Crippen LogP contribution in [0.4, 0.5) is 16.5 Å². The topological polar surface area (TPSA) is 210 Å². The number of aliphatic hydroxyl groups excluding tert-OH is 3. The first-order valence-corrected chi connectivity index (χ1v) is 16.8. The van der Waals surface area contributed by atoms with Crippen molar-refractivity contribution >= 4 is 51.1 Å². The van der Waals surface area contributed by atoms with Gasteiger partial charge in [0.05, 0.1) is 34.2 Å². The van der Waals surface area contributed by atoms with Crippen molar-refractivity contribution in [3.63, 3.8) is 0 Å². The summed E-state index contributed by atoms with van der Waals surface area (Å²) in [7, 11) is 2.93. The molecule has 0 aliphatic heterocycles. The van der Waals surface area contributed by atoms with E-state index in [4.69, 9.17) is 5.73 Å². The van der Waals surface area contributed by atoms with Gasteiger partial charge in [-0.2, -0.15) is 0 Å². The van der Waals surface area contributed by atoms with E-state index in [2.05, 4.69) is 29.0 Å². The van der Waals surface area contributed by atoms with Crippen LogP contribution in [0.2, 0.25) is 0 Å². The van der Waals surface area contributed by atoms with Crippen molar-refractivity contribution in [2.75, 3.05) is 37.4 Å². The van der Waals surface area contributed by atoms with Crippen LogP contribution in [0.5, 0.6) is 5.75 Å². The van der Waals surface area contributed by atoms with Gasteiger partial charge >= 0.3 is 0 Å². The normalized spacial score (nSPS) is 26.4. The summed E-state index contributed by atoms with van der Waals surface area (Å²) in [4.78, 5) is 48.7. The van der Waals surface area contributed by atoms with E-state index in [9.17, 15) is 39.9 Å². The van der Waals surface area contributed by atoms with Gasteiger partial charge in [0, 0.05) is 36.5 Å². The Morgan fingerprint density at radius 3 is 2.31 bits per heavy atom. The molecular weight excluding hydrogens is 650 g/mol. The van der Waals surface area contributed by atoms with Gasteiger partial charge in [-0.15, -0.1) is 0 Å². The van der Waals surface area contributed by atoms with Crippen LogP contribution in [0.3, 0.4) is 0 Å². The molecule has 13 nitrogen and oxygen atoms in total. The van der Waals surface area contributed by atoms with Crippen molar-refractivity contribution in [2.24, 2.45) is 17.6 Å². The number of benzene rings is 2. The Hall–Kier alpha value is -4.76. The Morgan fingerprint density at radius 2 is 1.71 bits per heavy atom. The van der Waals surface area contributed by atoms with Crippen molar-refractivity contribution in [2.45, 2.75) is 44.4 Å². The fraction of sp³-hybridized carbons (Fsp3) is 0.371. The lowest BCUT2D eigenvalue weighted by atomic mass is 9.54. The predicted molar refractivity (Wildman–Crippen MR) is 185 cm³/mol. The highest BCUT2D eigenvalue weighted by molar-refractivity contribution is 7.19. The molecular formula is C35H39N5O8S. The molecule has 0 radical (unpaired) electrons. The van der Waals surface area contributed by atoms with Gasteiger partial charge in [-0.05, 0) is 63.2 Å². The van der Waals surface area contributed by atoms with Gasteiger partial charge in [-0.1, -0.05) is 36.5 Å². The summed E-state index contributed by atoms with van der Waals surface area (Å²) in [6.07, 6.45) is 0.0434. The molecule has 0 spiro atoms. The molecule has 6 atom stereocenters. The molecule has 6 rings (SSSR count). The highest BCUT2D eigenvalue weighted by Gasteiger charge is 2.68. The zero-order valence-electron chi connectivity index (χ0n) is 27.6. The Morgan fingerprint density at radius 1 is 1.06 bits per heavy atom. The van der Waals surface area contributed by atoms with E-state index in [1.807, 2.05) is 24.3 Å². The molecule has 3 aliphatic rings. The summed E-state index contributed by atoms with van der Waals surface area (Å²) in [5.74, 6) is -9.40. The van der Waals surface area contributed by atoms with Gasteiger partial charge in [0.15, 0.2) is 16.5 Å². The summed E-state index contributed by atoms with van der Waals surface area (Å²) in [6.45, 7) is 7.67. The van der Waals surface area contributed by atoms with Gasteiger partial charge in [-0.3, -0.25) is 19.3 Å². The van der Waals surface area contributed by atoms with Crippen molar-refractivity contribution < 1.29 is 39.9 Å². The van der Waals surface area contributed by atoms with Gasteiger partial charge in [-0.25, -0.2) is 4.98 Å². The second-order valence-corrected chi connectivity index (χ2v) is 13.9. The van der Waals surface area contributed by atoms with E-state index in [0.29, 0.717) is 10.7 Å². The third-order valence-electron chi connectivity index (χ3n) is 10.2. The molecule has 1 amide bonds. The van der Waals surface area contributed by atoms with Crippen LogP contribution in [0.15, 0.2) is 59.5 Å². The van der Waals surface area contributed by atoms with Crippen LogP contribution in [0.25, 0.3) is 16.2 Å². The highest BCUT2D eigenvalue weighted by Crippen LogP contribution is 2.57. The molecule has 0 bridgehead atoms. The van der Waals surface area contributed by atoms with Crippen LogP contribution in [-0.2, 0) is 14.4 Å². The maximum Gasteiger partial charge on any atom is 0.255 e. The summed E-state index contributed by atoms with van der Waals surface area (Å²) >= 11 is 1.35. The summed E-state index contributed by atoms with van der Waals surface area (Å²) in [5, 5.41) is 61.4. The molecule has 3 aliphatic carbocycles. The number of anilines is 3. The maximum atomic E-state index is 14.2. The number of aliphatic hydroxyl groups is 4. The minimum absolute atomic E-state index is 0.107. The number of amides is 1. The molecule has 1 heterocycles. The van der Waals surface area contributed by atoms with Crippen molar-refractivity contribution in [3.8, 4) is 16.2 Å². The number of nitrogens with two attached hydrogens (primary N) is 1. The minimum atomic E-state index is -2.98. The molecule has 258 valence electrons. The first kappa shape index (κ1) is 34.1. The lowest BCUT2D eigenvalue weighted by molar-refractivity contribution is -0.169. The fourth-order valence-electron chi connectivity index (χ4n) is 7.72. The van der Waals surface area contributed by atoms with E-state index in [0.717, 1.165) is 29.2 Å². The number of hydrogen-bond donors (Lipinski definition) is 7. The molecule has 0 saturated heterocycles. The summed E-state index contributed by atoms with van der Waals surface area (Å²) < 4.78 is 0. The number of nitrogens with one attached hydrogen (secondary N) is 1. The Balaban J connectivity index is 1.39. The average molecular weight is 690 g/mol. The number of likely N-dealkylation sites (N-methyl/N-ethyl adjacent to an activating group) is 1. The quantitative estimate of drug-likeness (QED) is 0.134. The lowest BCUT2D eigenvalue weighted by Gasteiger charge is -2.53. The number of ketones is 2. The number of nitrogens with zero attached hydrogens (tertiary/aromatic N) is 3. The standard InChI is InChI=1S/C35H39N5O8S/c1-6-40(7-2)17-10-8-16(9-11-17)20-14-37-34(49-20)38-19-13-12-18-15(3)21-23(28(42)22(18)27(19)41)31(45)35(48)25(29(21)43)26(39(4)5)30(44)24(32(35)46)33(36)47/h8-15,21,25-26,29,41-43,46,48H,6-7H2,1-5H3,(H2,36,47)(H,37,38)/t15-,21?,25?,26-,29-,35-/m0/s1. The second-order valence-electron chi connectivity index (χ2n) is 12.8. The van der Waals surface area contributed by atoms with Crippen molar-refractivity contribution in [1.82, 2.24) is 9.88 Å². The number of Topliss-reactive ketones (excluding diaryl/α,β-unsaturated/α-hetero) is 2. The van der Waals surface area contributed by atoms with Gasteiger partial charge in [0.25, 0.3) is 5.91 Å². The van der Waals surface area contributed by atoms with E-state index in [1.165, 1.54) is 30.3 Å². The maximum absolute atomic E-state index is 14.2. The lowest BCUT2D eigenvalue weighted by Crippen LogP contribution is -2.70. The first-order chi connectivity index (χ1) is 23.2. The van der Waals surface area contributed by atoms with Crippen LogP contribution in [-0.4, -0.2) is 97.8 Å². The van der Waals surface area contributed by atoms with Crippen LogP contribution in [0.1, 0.15) is 37.8 Å². The molecule has 1 saturated carbocycles. The number of carbonyl (C=O) groups excluding carboxylic acids is 3. The van der Waals surface area contributed by atoms with E-state index in [-0.39, 0.29) is 11.3 Å². The molecule has 2 aromatic carbocycles. The van der Waals surface area contributed by atoms with Gasteiger partial charge < -0.3 is 41.5 Å². The Kier molecular flexibility index (Phi) is 8.55. The zero-order chi connectivity index (χ0) is 35.7. The Labute approximate surface area is 286 Å². The summed E-state index contributed by atoms with van der Waals surface area (Å²) in [5.41, 5.74) is 3.54. The van der Waals surface area contributed by atoms with Crippen LogP contribution < -0.4 is 16.0 Å². The highest BCUT2D eigenvalue weighted by atomic mass is 32.1. The van der Waals surface area contributed by atoms with Gasteiger partial charge in [0.2, 0.25) is 5.78 Å². The van der Waals surface area contributed by atoms with E-state index < -0.39 is 81.4 Å². The molecule has 14 heteroatoms. The predicted octanol–water partition coefficient (Wildman–Crippen LogP) is 3.21. The van der Waals surface area contributed by atoms with Crippen LogP contribution >= 0.6 is 11.3 Å². The third kappa shape index (κ3) is 5.00. The number of hydrogen-bond acceptors (Lipinski definition) is 13. The zero-order valence-corrected chi connectivity index (χ0v) is 28.4. The molecule has 2 unspecified atom stereocenters. The molecule has 8 N–H and O–H groups in total. The molecule has 1 fully saturated rings.